The minimum Gasteiger partial charge on any atom is -0.491 e. The van der Waals surface area contributed by atoms with Crippen LogP contribution in [0.3, 0.4) is 0 Å². The van der Waals surface area contributed by atoms with Crippen LogP contribution in [0.2, 0.25) is 0 Å². The number of nitrogens with one attached hydrogen (secondary N) is 12. The van der Waals surface area contributed by atoms with Crippen molar-refractivity contribution in [3.63, 3.8) is 0 Å². The van der Waals surface area contributed by atoms with Crippen molar-refractivity contribution in [3.8, 4) is 11.5 Å². The Hall–Kier alpha value is -11.5. The largest absolute Gasteiger partial charge is 0.491 e. The lowest BCUT2D eigenvalue weighted by Gasteiger charge is -2.36. The molecule has 10 amide bonds. The molecule has 8 aliphatic rings. The number of sulfonamides is 2. The SMILES string of the molecule is CNC(C)C(=O)NC(C(=O)N1CC2CC1C(=O)NC(Cc1ccc3ccccc3c1)C(=O)NC(C(=O)NS(=O)(=O)C1CC1)Cc1ccc(cc1)OCC(N=N)C=NC1CC(C(=O)NC(Cc3ccc4ccccc4c3)C(=O)NC(C(=O)NS(=O)(=O)C3CC3)Cc3ccc(cc3)OCC(N=N)C=N2)N(C(=O)C(NC(=O)C(C)NC)C(C)(C)C)C1)C(C)(C)C. The molecule has 0 spiro atoms. The molecule has 14 unspecified atom stereocenters. The van der Waals surface area contributed by atoms with E-state index in [1.165, 1.54) is 46.5 Å². The Bertz CT molecular complexity index is 4870. The first kappa shape index (κ1) is 91.2. The third-order valence-electron chi connectivity index (χ3n) is 22.5. The highest BCUT2D eigenvalue weighted by Crippen LogP contribution is 2.33. The van der Waals surface area contributed by atoms with Gasteiger partial charge < -0.3 is 61.8 Å². The van der Waals surface area contributed by atoms with Crippen LogP contribution in [0.1, 0.15) is 116 Å². The standard InChI is InChI=1S/C86H110N18O16S2/c1-49(89-9)75(105)97-73(85(3,4)5)83(113)103-45-59-41-71(103)81(111)95-67(39-53-19-25-55-15-11-13-17-57(55)35-53)77(107)93-69(79(109)101-121(115,116)65-31-32-65)37-51-23-29-64(30-24-51)120-48-62(100-88)44-92-60-42-72(104(46-60)84(114)74(86(6,7)8)98-76(106)50(2)90-10)82(112)96-68(40-54-20-26-56-16-12-14-18-58(56)36-54)78(108)94-70(80(110)102-122(117,118)66-33-34-66)38-52-21-27-63(28-22-52)119-47-61(99-87)43-91-59/h11-30,35-36,43-44,49-50,59-62,65-74,87-90H,31-34,37-42,45-48H2,1-10H3,(H,93,107)(H,94,108)(H,95,111)(H,96,112)(H,97,105)(H,98,106)(H,101,109)(H,102,110). The Morgan fingerprint density at radius 2 is 0.852 bits per heavy atom. The van der Waals surface area contributed by atoms with Crippen LogP contribution in [0.4, 0.5) is 0 Å². The third-order valence-corrected chi connectivity index (χ3v) is 26.1. The average Bonchev–Trinajstić information content (AvgIpc) is 1.57. The van der Waals surface area contributed by atoms with E-state index >= 15 is 28.8 Å². The van der Waals surface area contributed by atoms with E-state index in [2.05, 4.69) is 62.2 Å². The number of benzene rings is 6. The van der Waals surface area contributed by atoms with Crippen LogP contribution in [0, 0.1) is 21.9 Å². The summed E-state index contributed by atoms with van der Waals surface area (Å²) < 4.78 is 70.9. The predicted molar refractivity (Wildman–Crippen MR) is 457 cm³/mol. The zero-order valence-corrected chi connectivity index (χ0v) is 71.7. The van der Waals surface area contributed by atoms with Gasteiger partial charge in [-0.2, -0.15) is 10.2 Å². The molecule has 34 nitrogen and oxygen atoms in total. The summed E-state index contributed by atoms with van der Waals surface area (Å²) in [6, 6.07) is 21.3. The van der Waals surface area contributed by atoms with Gasteiger partial charge in [-0.05, 0) is 133 Å². The van der Waals surface area contributed by atoms with Crippen molar-refractivity contribution in [1.29, 1.82) is 11.1 Å². The molecule has 2 saturated heterocycles. The number of likely N-dealkylation sites (N-methyl/N-ethyl adjacent to an activating group) is 2. The highest BCUT2D eigenvalue weighted by atomic mass is 32.2. The van der Waals surface area contributed by atoms with Crippen LogP contribution in [0.15, 0.2) is 154 Å². The van der Waals surface area contributed by atoms with Crippen molar-refractivity contribution in [1.82, 2.24) is 61.8 Å². The summed E-state index contributed by atoms with van der Waals surface area (Å²) >= 11 is 0. The number of carbonyl (C=O) groups excluding carboxylic acids is 10. The number of aliphatic imine (C=N–C) groups is 2. The molecule has 6 heterocycles. The quantitative estimate of drug-likeness (QED) is 0.0473. The molecular weight excluding hydrogens is 1610 g/mol. The summed E-state index contributed by atoms with van der Waals surface area (Å²) in [6.45, 7) is 12.7. The summed E-state index contributed by atoms with van der Waals surface area (Å²) in [5.41, 5.74) is 16.5. The van der Waals surface area contributed by atoms with Gasteiger partial charge in [0.1, 0.15) is 85.1 Å². The predicted octanol–water partition coefficient (Wildman–Crippen LogP) is 4.35. The molecule has 0 aromatic heterocycles. The van der Waals surface area contributed by atoms with Crippen LogP contribution < -0.4 is 61.5 Å². The summed E-state index contributed by atoms with van der Waals surface area (Å²) in [5, 5.41) is 31.9. The van der Waals surface area contributed by atoms with Gasteiger partial charge in [-0.25, -0.2) is 27.9 Å². The van der Waals surface area contributed by atoms with Gasteiger partial charge in [0.05, 0.1) is 34.7 Å². The highest BCUT2D eigenvalue weighted by molar-refractivity contribution is 7.91. The van der Waals surface area contributed by atoms with E-state index in [9.17, 15) is 36.0 Å². The molecule has 2 saturated carbocycles. The molecule has 122 heavy (non-hydrogen) atoms. The number of fused-ring (bicyclic) bond motifs is 2. The van der Waals surface area contributed by atoms with Crippen molar-refractivity contribution >= 4 is 113 Å². The fourth-order valence-electron chi connectivity index (χ4n) is 14.7. The van der Waals surface area contributed by atoms with E-state index in [1.807, 2.05) is 72.8 Å². The van der Waals surface area contributed by atoms with E-state index in [4.69, 9.17) is 30.5 Å². The molecule has 6 aromatic carbocycles. The highest BCUT2D eigenvalue weighted by Gasteiger charge is 2.49. The normalized spacial score (nSPS) is 23.6. The number of hydrogen-bond acceptors (Lipinski definition) is 24. The van der Waals surface area contributed by atoms with Crippen LogP contribution in [0.5, 0.6) is 11.5 Å². The van der Waals surface area contributed by atoms with Gasteiger partial charge in [-0.1, -0.05) is 151 Å². The second-order valence-corrected chi connectivity index (χ2v) is 38.1. The Morgan fingerprint density at radius 1 is 0.500 bits per heavy atom. The zero-order valence-electron chi connectivity index (χ0n) is 70.0. The summed E-state index contributed by atoms with van der Waals surface area (Å²) in [5.74, 6) is -7.50. The first-order valence-electron chi connectivity index (χ1n) is 41.0. The van der Waals surface area contributed by atoms with Gasteiger partial charge in [0.15, 0.2) is 0 Å². The van der Waals surface area contributed by atoms with E-state index in [0.717, 1.165) is 21.5 Å². The Labute approximate surface area is 709 Å². The van der Waals surface area contributed by atoms with Crippen LogP contribution in [0.25, 0.3) is 21.5 Å². The molecule has 8 bridgehead atoms. The molecule has 2 aliphatic carbocycles. The van der Waals surface area contributed by atoms with Crippen LogP contribution >= 0.6 is 0 Å². The first-order chi connectivity index (χ1) is 57.9. The number of amides is 10. The number of rotatable bonds is 20. The molecule has 12 N–H and O–H groups in total. The van der Waals surface area contributed by atoms with Crippen molar-refractivity contribution < 1.29 is 74.3 Å². The maximum absolute atomic E-state index is 15.5. The molecule has 6 aromatic rings. The van der Waals surface area contributed by atoms with Crippen LogP contribution in [-0.4, -0.2) is 234 Å². The minimum absolute atomic E-state index is 0.162. The zero-order chi connectivity index (χ0) is 88.1. The lowest BCUT2D eigenvalue weighted by atomic mass is 9.85. The topological polar surface area (TPSA) is 481 Å². The number of likely N-dealkylation sites (tertiary alicyclic amines) is 2. The van der Waals surface area contributed by atoms with Gasteiger partial charge in [0.25, 0.3) is 11.8 Å². The Balaban J connectivity index is 0.960. The van der Waals surface area contributed by atoms with Gasteiger partial charge >= 0.3 is 0 Å². The van der Waals surface area contributed by atoms with Crippen LogP contribution in [-0.2, 0) is 93.7 Å². The minimum atomic E-state index is -4.22. The van der Waals surface area contributed by atoms with Crippen molar-refractivity contribution in [3.05, 3.63) is 156 Å². The number of carbonyl (C=O) groups is 10. The number of hydrogen-bond donors (Lipinski definition) is 12. The smallest absolute Gasteiger partial charge is 0.256 e. The lowest BCUT2D eigenvalue weighted by molar-refractivity contribution is -0.144. The Morgan fingerprint density at radius 3 is 1.18 bits per heavy atom. The summed E-state index contributed by atoms with van der Waals surface area (Å²) in [4.78, 5) is 161. The van der Waals surface area contributed by atoms with Gasteiger partial charge in [-0.15, -0.1) is 0 Å². The van der Waals surface area contributed by atoms with Gasteiger partial charge in [0, 0.05) is 64.0 Å². The second kappa shape index (κ2) is 39.6. The molecule has 14 rings (SSSR count). The van der Waals surface area contributed by atoms with Crippen molar-refractivity contribution in [2.24, 2.45) is 31.0 Å². The molecule has 4 fully saturated rings. The molecule has 6 aliphatic heterocycles. The maximum atomic E-state index is 15.5. The van der Waals surface area contributed by atoms with Crippen molar-refractivity contribution in [2.75, 3.05) is 40.4 Å². The first-order valence-corrected chi connectivity index (χ1v) is 44.1. The fourth-order valence-corrected chi connectivity index (χ4v) is 17.4. The molecular formula is C86H110N18O16S2. The summed E-state index contributed by atoms with van der Waals surface area (Å²) in [6.07, 6.45) is 2.55. The van der Waals surface area contributed by atoms with E-state index in [0.29, 0.717) is 47.9 Å². The Kier molecular flexibility index (Phi) is 29.6. The average molecular weight is 1720 g/mol. The molecule has 14 atom stereocenters. The van der Waals surface area contributed by atoms with E-state index < -0.39 is 185 Å². The second-order valence-electron chi connectivity index (χ2n) is 34.2. The lowest BCUT2D eigenvalue weighted by Crippen LogP contribution is -2.61. The summed E-state index contributed by atoms with van der Waals surface area (Å²) in [7, 11) is -5.28. The maximum Gasteiger partial charge on any atom is 0.256 e. The molecule has 652 valence electrons. The van der Waals surface area contributed by atoms with E-state index in [1.54, 1.807) is 106 Å². The number of nitrogens with zero attached hydrogens (tertiary/aromatic N) is 6. The van der Waals surface area contributed by atoms with E-state index in [-0.39, 0.29) is 76.3 Å². The molecule has 0 radical (unpaired) electrons. The fraction of sp³-hybridized carbons (Fsp3) is 0.488. The van der Waals surface area contributed by atoms with Crippen molar-refractivity contribution in [2.45, 2.75) is 215 Å². The monoisotopic (exact) mass is 1710 g/mol. The number of ether oxygens (including phenoxy) is 2. The van der Waals surface area contributed by atoms with Gasteiger partial charge in [-0.3, -0.25) is 67.4 Å². The van der Waals surface area contributed by atoms with Gasteiger partial charge in [0.2, 0.25) is 67.3 Å². The third kappa shape index (κ3) is 24.0. The molecule has 36 heteroatoms.